The van der Waals surface area contributed by atoms with Crippen molar-refractivity contribution in [1.82, 2.24) is 4.98 Å². The number of oxazole rings is 1. The van der Waals surface area contributed by atoms with Crippen molar-refractivity contribution < 1.29 is 4.42 Å². The average molecular weight is 204 g/mol. The summed E-state index contributed by atoms with van der Waals surface area (Å²) in [4.78, 5) is 4.26. The van der Waals surface area contributed by atoms with Crippen LogP contribution in [0.2, 0.25) is 0 Å². The van der Waals surface area contributed by atoms with Crippen molar-refractivity contribution in [3.8, 4) is 6.07 Å². The predicted octanol–water partition coefficient (Wildman–Crippen LogP) is 2.62. The molecule has 0 aliphatic carbocycles. The molecule has 0 atom stereocenters. The molecule has 1 heterocycles. The number of hydrogen-bond donors (Lipinski definition) is 0. The Morgan fingerprint density at radius 2 is 2.43 bits per heavy atom. The Bertz CT molecular complexity index is 498. The maximum absolute atomic E-state index is 8.55. The molecule has 0 saturated heterocycles. The van der Waals surface area contributed by atoms with Gasteiger partial charge in [0.05, 0.1) is 12.5 Å². The maximum atomic E-state index is 8.55. The second-order valence-electron chi connectivity index (χ2n) is 2.82. The molecule has 2 rings (SSSR count). The molecule has 0 amide bonds. The number of thioether (sulfide) groups is 1. The third kappa shape index (κ3) is 1.59. The first-order chi connectivity index (χ1) is 6.83. The molecule has 1 aromatic heterocycles. The molecule has 0 saturated carbocycles. The number of hydrogen-bond acceptors (Lipinski definition) is 4. The van der Waals surface area contributed by atoms with E-state index in [-0.39, 0.29) is 0 Å². The number of fused-ring (bicyclic) bond motifs is 1. The van der Waals surface area contributed by atoms with E-state index in [0.29, 0.717) is 11.6 Å². The van der Waals surface area contributed by atoms with E-state index < -0.39 is 0 Å². The smallest absolute Gasteiger partial charge is 0.256 e. The molecule has 1 aromatic carbocycles. The van der Waals surface area contributed by atoms with Gasteiger partial charge in [0.2, 0.25) is 0 Å². The molecule has 0 bridgehead atoms. The van der Waals surface area contributed by atoms with Gasteiger partial charge in [0, 0.05) is 0 Å². The fourth-order valence-electron chi connectivity index (χ4n) is 1.24. The topological polar surface area (TPSA) is 49.8 Å². The number of nitriles is 1. The second-order valence-corrected chi connectivity index (χ2v) is 3.58. The summed E-state index contributed by atoms with van der Waals surface area (Å²) in [5, 5.41) is 9.21. The monoisotopic (exact) mass is 204 g/mol. The van der Waals surface area contributed by atoms with Crippen LogP contribution in [0.25, 0.3) is 11.1 Å². The lowest BCUT2D eigenvalue weighted by molar-refractivity contribution is 0.490. The van der Waals surface area contributed by atoms with Crippen LogP contribution in [0.3, 0.4) is 0 Å². The van der Waals surface area contributed by atoms with Crippen molar-refractivity contribution in [3.05, 3.63) is 23.8 Å². The molecule has 0 N–H and O–H groups in total. The molecule has 0 spiro atoms. The molecule has 2 aromatic rings. The second kappa shape index (κ2) is 3.72. The number of rotatable bonds is 2. The standard InChI is InChI=1S/C10H8N2OS/c1-14-10-12-8-6-7(4-5-11)2-3-9(8)13-10/h2-3,6H,4H2,1H3. The van der Waals surface area contributed by atoms with Crippen LogP contribution in [0.5, 0.6) is 0 Å². The molecule has 0 aliphatic rings. The highest BCUT2D eigenvalue weighted by atomic mass is 32.2. The van der Waals surface area contributed by atoms with E-state index in [1.807, 2.05) is 24.5 Å². The third-order valence-corrected chi connectivity index (χ3v) is 2.41. The lowest BCUT2D eigenvalue weighted by Crippen LogP contribution is -1.80. The zero-order chi connectivity index (χ0) is 9.97. The van der Waals surface area contributed by atoms with E-state index in [0.717, 1.165) is 16.7 Å². The van der Waals surface area contributed by atoms with Crippen molar-refractivity contribution in [2.45, 2.75) is 11.6 Å². The normalized spacial score (nSPS) is 10.3. The first-order valence-electron chi connectivity index (χ1n) is 4.14. The van der Waals surface area contributed by atoms with Crippen LogP contribution >= 0.6 is 11.8 Å². The van der Waals surface area contributed by atoms with E-state index >= 15 is 0 Å². The molecule has 0 unspecified atom stereocenters. The van der Waals surface area contributed by atoms with Crippen molar-refractivity contribution in [1.29, 1.82) is 5.26 Å². The van der Waals surface area contributed by atoms with Crippen LogP contribution in [-0.2, 0) is 6.42 Å². The molecule has 70 valence electrons. The van der Waals surface area contributed by atoms with Crippen LogP contribution in [0, 0.1) is 11.3 Å². The van der Waals surface area contributed by atoms with Gasteiger partial charge in [-0.15, -0.1) is 0 Å². The van der Waals surface area contributed by atoms with Crippen molar-refractivity contribution in [2.24, 2.45) is 0 Å². The highest BCUT2D eigenvalue weighted by Crippen LogP contribution is 2.22. The SMILES string of the molecule is CSc1nc2cc(CC#N)ccc2o1. The fraction of sp³-hybridized carbons (Fsp3) is 0.200. The van der Waals surface area contributed by atoms with E-state index in [4.69, 9.17) is 9.68 Å². The fourth-order valence-corrected chi connectivity index (χ4v) is 1.60. The van der Waals surface area contributed by atoms with Crippen LogP contribution in [-0.4, -0.2) is 11.2 Å². The van der Waals surface area contributed by atoms with E-state index in [2.05, 4.69) is 11.1 Å². The summed E-state index contributed by atoms with van der Waals surface area (Å²) in [6.45, 7) is 0. The van der Waals surface area contributed by atoms with Crippen LogP contribution in [0.1, 0.15) is 5.56 Å². The number of aromatic nitrogens is 1. The zero-order valence-corrected chi connectivity index (χ0v) is 8.47. The molecule has 0 aliphatic heterocycles. The summed E-state index contributed by atoms with van der Waals surface area (Å²) in [5.41, 5.74) is 2.57. The lowest BCUT2D eigenvalue weighted by Gasteiger charge is -1.91. The Kier molecular flexibility index (Phi) is 2.42. The van der Waals surface area contributed by atoms with Gasteiger partial charge in [-0.25, -0.2) is 4.98 Å². The maximum Gasteiger partial charge on any atom is 0.256 e. The Balaban J connectivity index is 2.49. The van der Waals surface area contributed by atoms with Gasteiger partial charge < -0.3 is 4.42 Å². The van der Waals surface area contributed by atoms with Crippen molar-refractivity contribution >= 4 is 22.9 Å². The van der Waals surface area contributed by atoms with Crippen LogP contribution < -0.4 is 0 Å². The molecular weight excluding hydrogens is 196 g/mol. The summed E-state index contributed by atoms with van der Waals surface area (Å²) < 4.78 is 5.42. The van der Waals surface area contributed by atoms with Gasteiger partial charge in [-0.1, -0.05) is 17.8 Å². The summed E-state index contributed by atoms with van der Waals surface area (Å²) in [6, 6.07) is 7.74. The third-order valence-electron chi connectivity index (χ3n) is 1.89. The molecule has 3 nitrogen and oxygen atoms in total. The largest absolute Gasteiger partial charge is 0.431 e. The average Bonchev–Trinajstić information content (AvgIpc) is 2.60. The van der Waals surface area contributed by atoms with Gasteiger partial charge in [-0.2, -0.15) is 5.26 Å². The predicted molar refractivity (Wildman–Crippen MR) is 55.1 cm³/mol. The minimum absolute atomic E-state index is 0.414. The number of nitrogens with zero attached hydrogens (tertiary/aromatic N) is 2. The van der Waals surface area contributed by atoms with Crippen LogP contribution in [0.15, 0.2) is 27.8 Å². The minimum Gasteiger partial charge on any atom is -0.431 e. The number of benzene rings is 1. The zero-order valence-electron chi connectivity index (χ0n) is 7.65. The van der Waals surface area contributed by atoms with E-state index in [1.54, 1.807) is 0 Å². The van der Waals surface area contributed by atoms with Gasteiger partial charge >= 0.3 is 0 Å². The molecular formula is C10H8N2OS. The molecule has 4 heteroatoms. The van der Waals surface area contributed by atoms with Crippen LogP contribution in [0.4, 0.5) is 0 Å². The Hall–Kier alpha value is -1.47. The lowest BCUT2D eigenvalue weighted by atomic mass is 10.1. The van der Waals surface area contributed by atoms with Crippen molar-refractivity contribution in [3.63, 3.8) is 0 Å². The molecule has 14 heavy (non-hydrogen) atoms. The minimum atomic E-state index is 0.414. The van der Waals surface area contributed by atoms with Gasteiger partial charge in [0.25, 0.3) is 5.22 Å². The first kappa shape index (κ1) is 9.10. The summed E-state index contributed by atoms with van der Waals surface area (Å²) in [7, 11) is 0. The van der Waals surface area contributed by atoms with E-state index in [1.165, 1.54) is 11.8 Å². The van der Waals surface area contributed by atoms with Gasteiger partial charge in [-0.3, -0.25) is 0 Å². The van der Waals surface area contributed by atoms with Crippen molar-refractivity contribution in [2.75, 3.05) is 6.26 Å². The Morgan fingerprint density at radius 1 is 1.57 bits per heavy atom. The highest BCUT2D eigenvalue weighted by Gasteiger charge is 2.04. The Morgan fingerprint density at radius 3 is 3.14 bits per heavy atom. The Labute approximate surface area is 85.7 Å². The summed E-state index contributed by atoms with van der Waals surface area (Å²) >= 11 is 1.47. The highest BCUT2D eigenvalue weighted by molar-refractivity contribution is 7.98. The van der Waals surface area contributed by atoms with Gasteiger partial charge in [-0.05, 0) is 24.0 Å². The summed E-state index contributed by atoms with van der Waals surface area (Å²) in [6.07, 6.45) is 2.33. The van der Waals surface area contributed by atoms with Gasteiger partial charge in [0.15, 0.2) is 5.58 Å². The molecule has 0 fully saturated rings. The first-order valence-corrected chi connectivity index (χ1v) is 5.36. The van der Waals surface area contributed by atoms with E-state index in [9.17, 15) is 0 Å². The quantitative estimate of drug-likeness (QED) is 0.705. The molecule has 0 radical (unpaired) electrons. The van der Waals surface area contributed by atoms with Gasteiger partial charge in [0.1, 0.15) is 5.52 Å². The summed E-state index contributed by atoms with van der Waals surface area (Å²) in [5.74, 6) is 0.